The first-order chi connectivity index (χ1) is 14.2. The van der Waals surface area contributed by atoms with Gasteiger partial charge in [0.1, 0.15) is 5.65 Å². The lowest BCUT2D eigenvalue weighted by Gasteiger charge is -2.06. The number of pyridine rings is 1. The van der Waals surface area contributed by atoms with Gasteiger partial charge in [-0.2, -0.15) is 0 Å². The second kappa shape index (κ2) is 7.38. The van der Waals surface area contributed by atoms with Crippen LogP contribution in [0.5, 0.6) is 0 Å². The van der Waals surface area contributed by atoms with Gasteiger partial charge in [-0.1, -0.05) is 54.2 Å². The molecule has 0 amide bonds. The predicted molar refractivity (Wildman–Crippen MR) is 118 cm³/mol. The van der Waals surface area contributed by atoms with Crippen molar-refractivity contribution >= 4 is 28.7 Å². The van der Waals surface area contributed by atoms with E-state index in [1.54, 1.807) is 27.8 Å². The van der Waals surface area contributed by atoms with Crippen molar-refractivity contribution in [2.45, 2.75) is 17.8 Å². The number of thioether (sulfide) groups is 1. The highest BCUT2D eigenvalue weighted by Gasteiger charge is 2.18. The van der Waals surface area contributed by atoms with Crippen LogP contribution in [0.3, 0.4) is 0 Å². The molecule has 0 bridgehead atoms. The fourth-order valence-electron chi connectivity index (χ4n) is 3.25. The molecule has 8 heteroatoms. The minimum absolute atomic E-state index is 0.675. The zero-order valence-electron chi connectivity index (χ0n) is 15.7. The van der Waals surface area contributed by atoms with Crippen molar-refractivity contribution in [1.29, 1.82) is 0 Å². The Hall–Kier alpha value is -3.10. The third kappa shape index (κ3) is 3.30. The number of nitrogens with two attached hydrogens (primary N) is 1. The highest BCUT2D eigenvalue weighted by atomic mass is 32.2. The van der Waals surface area contributed by atoms with Crippen molar-refractivity contribution in [2.24, 2.45) is 0 Å². The maximum atomic E-state index is 6.27. The van der Waals surface area contributed by atoms with Crippen LogP contribution in [-0.2, 0) is 5.75 Å². The van der Waals surface area contributed by atoms with Crippen molar-refractivity contribution in [3.05, 3.63) is 77.4 Å². The zero-order valence-corrected chi connectivity index (χ0v) is 17.3. The lowest BCUT2D eigenvalue weighted by Crippen LogP contribution is -2.11. The molecule has 0 saturated carbocycles. The molecule has 1 aromatic carbocycles. The number of hydrogen-bond acceptors (Lipinski definition) is 6. The third-order valence-electron chi connectivity index (χ3n) is 4.66. The number of aromatic nitrogens is 5. The van der Waals surface area contributed by atoms with Gasteiger partial charge < -0.3 is 10.2 Å². The Morgan fingerprint density at radius 3 is 2.69 bits per heavy atom. The Morgan fingerprint density at radius 1 is 1.03 bits per heavy atom. The van der Waals surface area contributed by atoms with Crippen LogP contribution in [0.25, 0.3) is 27.6 Å². The summed E-state index contributed by atoms with van der Waals surface area (Å²) in [5, 5.41) is 11.2. The number of thiophene rings is 1. The number of benzene rings is 1. The lowest BCUT2D eigenvalue weighted by molar-refractivity contribution is 0.849. The van der Waals surface area contributed by atoms with Crippen LogP contribution in [0.1, 0.15) is 11.3 Å². The molecule has 0 radical (unpaired) electrons. The molecule has 6 nitrogen and oxygen atoms in total. The van der Waals surface area contributed by atoms with Gasteiger partial charge in [-0.15, -0.1) is 21.5 Å². The summed E-state index contributed by atoms with van der Waals surface area (Å²) in [6, 6.07) is 18.4. The van der Waals surface area contributed by atoms with Gasteiger partial charge in [-0.3, -0.25) is 0 Å². The summed E-state index contributed by atoms with van der Waals surface area (Å²) in [6.45, 7) is 2.09. The standard InChI is InChI=1S/C21H18N6S2/c1-14-9-10-18-23-19(15-6-3-2-4-7-15)16(26(18)12-14)13-29-21-25-24-20(27(21)22)17-8-5-11-28-17/h2-12H,13,22H2,1H3. The average molecular weight is 419 g/mol. The molecular formula is C21H18N6S2. The molecule has 0 atom stereocenters. The van der Waals surface area contributed by atoms with Gasteiger partial charge >= 0.3 is 0 Å². The van der Waals surface area contributed by atoms with Gasteiger partial charge in [-0.05, 0) is 30.0 Å². The molecule has 0 aliphatic rings. The molecule has 5 aromatic rings. The number of rotatable bonds is 5. The summed E-state index contributed by atoms with van der Waals surface area (Å²) in [7, 11) is 0. The van der Waals surface area contributed by atoms with Gasteiger partial charge in [0.25, 0.3) is 0 Å². The number of nitrogen functional groups attached to an aromatic ring is 1. The summed E-state index contributed by atoms with van der Waals surface area (Å²) < 4.78 is 3.72. The predicted octanol–water partition coefficient (Wildman–Crippen LogP) is 4.64. The van der Waals surface area contributed by atoms with Crippen LogP contribution in [0, 0.1) is 6.92 Å². The number of imidazole rings is 1. The Morgan fingerprint density at radius 2 is 1.90 bits per heavy atom. The number of fused-ring (bicyclic) bond motifs is 1. The smallest absolute Gasteiger partial charge is 0.210 e. The fraction of sp³-hybridized carbons (Fsp3) is 0.0952. The minimum atomic E-state index is 0.675. The average Bonchev–Trinajstić information content (AvgIpc) is 3.46. The minimum Gasteiger partial charge on any atom is -0.335 e. The van der Waals surface area contributed by atoms with Crippen molar-refractivity contribution in [3.63, 3.8) is 0 Å². The van der Waals surface area contributed by atoms with Crippen LogP contribution in [0.2, 0.25) is 0 Å². The Kier molecular flexibility index (Phi) is 4.57. The quantitative estimate of drug-likeness (QED) is 0.333. The lowest BCUT2D eigenvalue weighted by atomic mass is 10.1. The topological polar surface area (TPSA) is 74.0 Å². The van der Waals surface area contributed by atoms with Gasteiger partial charge in [0, 0.05) is 17.5 Å². The SMILES string of the molecule is Cc1ccc2nc(-c3ccccc3)c(CSc3nnc(-c4cccs4)n3N)n2c1. The van der Waals surface area contributed by atoms with E-state index in [1.807, 2.05) is 35.7 Å². The second-order valence-electron chi connectivity index (χ2n) is 6.65. The second-order valence-corrected chi connectivity index (χ2v) is 8.54. The Bertz CT molecular complexity index is 1270. The van der Waals surface area contributed by atoms with Crippen LogP contribution >= 0.6 is 23.1 Å². The molecule has 0 aliphatic carbocycles. The summed E-state index contributed by atoms with van der Waals surface area (Å²) >= 11 is 3.16. The van der Waals surface area contributed by atoms with E-state index in [0.29, 0.717) is 16.7 Å². The monoisotopic (exact) mass is 418 g/mol. The molecule has 2 N–H and O–H groups in total. The molecule has 0 spiro atoms. The van der Waals surface area contributed by atoms with Crippen molar-refractivity contribution in [2.75, 3.05) is 5.84 Å². The highest BCUT2D eigenvalue weighted by Crippen LogP contribution is 2.31. The molecule has 5 rings (SSSR count). The van der Waals surface area contributed by atoms with Gasteiger partial charge in [0.15, 0.2) is 5.82 Å². The highest BCUT2D eigenvalue weighted by molar-refractivity contribution is 7.98. The molecular weight excluding hydrogens is 400 g/mol. The molecule has 144 valence electrons. The van der Waals surface area contributed by atoms with E-state index in [-0.39, 0.29) is 0 Å². The maximum absolute atomic E-state index is 6.27. The molecule has 0 fully saturated rings. The fourth-order valence-corrected chi connectivity index (χ4v) is 4.82. The van der Waals surface area contributed by atoms with Gasteiger partial charge in [0.05, 0.1) is 16.3 Å². The molecule has 0 saturated heterocycles. The Balaban J connectivity index is 1.53. The van der Waals surface area contributed by atoms with Crippen molar-refractivity contribution in [3.8, 4) is 22.0 Å². The normalized spacial score (nSPS) is 11.3. The summed E-state index contributed by atoms with van der Waals surface area (Å²) in [5.74, 6) is 7.63. The summed E-state index contributed by atoms with van der Waals surface area (Å²) in [5.41, 5.74) is 5.30. The van der Waals surface area contributed by atoms with E-state index in [9.17, 15) is 0 Å². The van der Waals surface area contributed by atoms with Crippen molar-refractivity contribution in [1.82, 2.24) is 24.3 Å². The zero-order chi connectivity index (χ0) is 19.8. The number of nitrogens with zero attached hydrogens (tertiary/aromatic N) is 5. The van der Waals surface area contributed by atoms with E-state index in [0.717, 1.165) is 27.5 Å². The first-order valence-electron chi connectivity index (χ1n) is 9.11. The van der Waals surface area contributed by atoms with E-state index < -0.39 is 0 Å². The first-order valence-corrected chi connectivity index (χ1v) is 11.0. The molecule has 4 heterocycles. The van der Waals surface area contributed by atoms with Crippen molar-refractivity contribution < 1.29 is 0 Å². The third-order valence-corrected chi connectivity index (χ3v) is 6.48. The van der Waals surface area contributed by atoms with E-state index in [1.165, 1.54) is 5.56 Å². The molecule has 4 aromatic heterocycles. The number of hydrogen-bond donors (Lipinski definition) is 1. The summed E-state index contributed by atoms with van der Waals surface area (Å²) in [4.78, 5) is 5.88. The van der Waals surface area contributed by atoms with Gasteiger partial charge in [-0.25, -0.2) is 9.66 Å². The van der Waals surface area contributed by atoms with E-state index in [4.69, 9.17) is 10.8 Å². The van der Waals surface area contributed by atoms with Crippen LogP contribution in [0.15, 0.2) is 71.3 Å². The van der Waals surface area contributed by atoms with Gasteiger partial charge in [0.2, 0.25) is 5.16 Å². The van der Waals surface area contributed by atoms with Crippen LogP contribution < -0.4 is 5.84 Å². The van der Waals surface area contributed by atoms with E-state index >= 15 is 0 Å². The Labute approximate surface area is 176 Å². The number of aryl methyl sites for hydroxylation is 1. The van der Waals surface area contributed by atoms with Crippen LogP contribution in [0.4, 0.5) is 0 Å². The summed E-state index contributed by atoms with van der Waals surface area (Å²) in [6.07, 6.45) is 2.12. The molecule has 0 aliphatic heterocycles. The van der Waals surface area contributed by atoms with Crippen LogP contribution in [-0.4, -0.2) is 24.3 Å². The largest absolute Gasteiger partial charge is 0.335 e. The molecule has 0 unspecified atom stereocenters. The maximum Gasteiger partial charge on any atom is 0.210 e. The first kappa shape index (κ1) is 18.0. The van der Waals surface area contributed by atoms with E-state index in [2.05, 4.69) is 52.0 Å². The molecule has 29 heavy (non-hydrogen) atoms.